The van der Waals surface area contributed by atoms with Crippen LogP contribution in [0.15, 0.2) is 60.9 Å². The third kappa shape index (κ3) is 4.57. The predicted octanol–water partition coefficient (Wildman–Crippen LogP) is 2.57. The van der Waals surface area contributed by atoms with E-state index < -0.39 is 24.5 Å². The minimum atomic E-state index is -1.10. The van der Waals surface area contributed by atoms with Gasteiger partial charge < -0.3 is 20.1 Å². The van der Waals surface area contributed by atoms with E-state index in [-0.39, 0.29) is 5.56 Å². The third-order valence-corrected chi connectivity index (χ3v) is 3.62. The zero-order valence-corrected chi connectivity index (χ0v) is 14.0. The van der Waals surface area contributed by atoms with Gasteiger partial charge in [-0.25, -0.2) is 14.6 Å². The van der Waals surface area contributed by atoms with E-state index in [1.54, 1.807) is 42.7 Å². The number of aromatic amines is 1. The van der Waals surface area contributed by atoms with Crippen molar-refractivity contribution < 1.29 is 24.2 Å². The summed E-state index contributed by atoms with van der Waals surface area (Å²) in [5.74, 6) is -1.64. The summed E-state index contributed by atoms with van der Waals surface area (Å²) in [5.41, 5.74) is 1.46. The van der Waals surface area contributed by atoms with Crippen LogP contribution < -0.4 is 5.32 Å². The molecule has 0 fully saturated rings. The van der Waals surface area contributed by atoms with Crippen molar-refractivity contribution in [3.05, 3.63) is 72.1 Å². The molecular weight excluding hydrogens is 350 g/mol. The van der Waals surface area contributed by atoms with Crippen molar-refractivity contribution in [2.75, 3.05) is 11.9 Å². The van der Waals surface area contributed by atoms with Gasteiger partial charge in [0, 0.05) is 23.6 Å². The molecular formula is C19H15N3O5. The topological polar surface area (TPSA) is 121 Å². The Balaban J connectivity index is 1.55. The molecule has 8 heteroatoms. The van der Waals surface area contributed by atoms with Crippen LogP contribution in [0.3, 0.4) is 0 Å². The highest BCUT2D eigenvalue weighted by Crippen LogP contribution is 2.15. The Labute approximate surface area is 153 Å². The molecule has 0 saturated carbocycles. The summed E-state index contributed by atoms with van der Waals surface area (Å²) in [4.78, 5) is 41.9. The molecule has 27 heavy (non-hydrogen) atoms. The third-order valence-electron chi connectivity index (χ3n) is 3.62. The van der Waals surface area contributed by atoms with Crippen LogP contribution in [-0.4, -0.2) is 39.5 Å². The number of hydrogen-bond donors (Lipinski definition) is 3. The van der Waals surface area contributed by atoms with Crippen molar-refractivity contribution in [3.63, 3.8) is 0 Å². The van der Waals surface area contributed by atoms with E-state index in [0.717, 1.165) is 5.56 Å². The van der Waals surface area contributed by atoms with E-state index in [2.05, 4.69) is 15.3 Å². The van der Waals surface area contributed by atoms with Crippen LogP contribution in [0, 0.1) is 0 Å². The smallest absolute Gasteiger partial charge is 0.338 e. The van der Waals surface area contributed by atoms with Crippen LogP contribution in [0.25, 0.3) is 11.4 Å². The van der Waals surface area contributed by atoms with Gasteiger partial charge in [0.15, 0.2) is 6.61 Å². The Kier molecular flexibility index (Phi) is 5.27. The van der Waals surface area contributed by atoms with E-state index in [0.29, 0.717) is 17.1 Å². The number of rotatable bonds is 6. The number of aromatic carboxylic acids is 1. The summed E-state index contributed by atoms with van der Waals surface area (Å²) in [6.07, 6.45) is 3.32. The fourth-order valence-electron chi connectivity index (χ4n) is 2.33. The average Bonchev–Trinajstić information content (AvgIpc) is 3.21. The van der Waals surface area contributed by atoms with Crippen molar-refractivity contribution in [1.29, 1.82) is 0 Å². The molecule has 3 rings (SSSR count). The number of nitrogens with zero attached hydrogens (tertiary/aromatic N) is 1. The van der Waals surface area contributed by atoms with Gasteiger partial charge in [-0.05, 0) is 30.3 Å². The SMILES string of the molecule is O=C(COC(=O)c1ccc(-c2ncc[nH]2)cc1)Nc1cccc(C(=O)O)c1. The highest BCUT2D eigenvalue weighted by molar-refractivity contribution is 5.96. The Morgan fingerprint density at radius 3 is 2.52 bits per heavy atom. The molecule has 136 valence electrons. The number of anilines is 1. The first kappa shape index (κ1) is 17.9. The van der Waals surface area contributed by atoms with Crippen molar-refractivity contribution in [3.8, 4) is 11.4 Å². The van der Waals surface area contributed by atoms with Crippen LogP contribution in [0.2, 0.25) is 0 Å². The first-order valence-corrected chi connectivity index (χ1v) is 7.93. The monoisotopic (exact) mass is 365 g/mol. The van der Waals surface area contributed by atoms with Crippen LogP contribution in [0.4, 0.5) is 5.69 Å². The molecule has 8 nitrogen and oxygen atoms in total. The first-order valence-electron chi connectivity index (χ1n) is 7.93. The largest absolute Gasteiger partial charge is 0.478 e. The second-order valence-electron chi connectivity index (χ2n) is 5.53. The number of carboxylic acids is 1. The number of H-pyrrole nitrogens is 1. The van der Waals surface area contributed by atoms with Gasteiger partial charge >= 0.3 is 11.9 Å². The molecule has 0 unspecified atom stereocenters. The average molecular weight is 365 g/mol. The molecule has 0 aliphatic rings. The van der Waals surface area contributed by atoms with E-state index in [1.807, 2.05) is 0 Å². The molecule has 0 spiro atoms. The van der Waals surface area contributed by atoms with Gasteiger partial charge in [-0.3, -0.25) is 4.79 Å². The lowest BCUT2D eigenvalue weighted by Gasteiger charge is -2.07. The second-order valence-corrected chi connectivity index (χ2v) is 5.53. The molecule has 3 N–H and O–H groups in total. The maximum absolute atomic E-state index is 12.0. The summed E-state index contributed by atoms with van der Waals surface area (Å²) in [6, 6.07) is 12.4. The Morgan fingerprint density at radius 1 is 1.07 bits per heavy atom. The van der Waals surface area contributed by atoms with Crippen molar-refractivity contribution >= 4 is 23.5 Å². The predicted molar refractivity (Wildman–Crippen MR) is 96.3 cm³/mol. The number of nitrogens with one attached hydrogen (secondary N) is 2. The van der Waals surface area contributed by atoms with Gasteiger partial charge in [-0.1, -0.05) is 18.2 Å². The number of carbonyl (C=O) groups is 3. The first-order chi connectivity index (χ1) is 13.0. The normalized spacial score (nSPS) is 10.2. The lowest BCUT2D eigenvalue weighted by atomic mass is 10.1. The van der Waals surface area contributed by atoms with E-state index in [9.17, 15) is 14.4 Å². The van der Waals surface area contributed by atoms with Crippen LogP contribution in [0.5, 0.6) is 0 Å². The van der Waals surface area contributed by atoms with Gasteiger partial charge in [0.2, 0.25) is 0 Å². The number of ether oxygens (including phenoxy) is 1. The van der Waals surface area contributed by atoms with Crippen molar-refractivity contribution in [2.45, 2.75) is 0 Å². The minimum Gasteiger partial charge on any atom is -0.478 e. The number of benzene rings is 2. The van der Waals surface area contributed by atoms with Gasteiger partial charge in [-0.15, -0.1) is 0 Å². The molecule has 3 aromatic rings. The maximum Gasteiger partial charge on any atom is 0.338 e. The second kappa shape index (κ2) is 7.96. The molecule has 2 aromatic carbocycles. The number of carbonyl (C=O) groups excluding carboxylic acids is 2. The van der Waals surface area contributed by atoms with Crippen molar-refractivity contribution in [1.82, 2.24) is 9.97 Å². The molecule has 1 aromatic heterocycles. The molecule has 0 atom stereocenters. The number of amides is 1. The number of aromatic nitrogens is 2. The summed E-state index contributed by atoms with van der Waals surface area (Å²) >= 11 is 0. The Bertz CT molecular complexity index is 965. The summed E-state index contributed by atoms with van der Waals surface area (Å²) in [7, 11) is 0. The van der Waals surface area contributed by atoms with Gasteiger partial charge in [0.05, 0.1) is 11.1 Å². The lowest BCUT2D eigenvalue weighted by Crippen LogP contribution is -2.21. The fraction of sp³-hybridized carbons (Fsp3) is 0.0526. The molecule has 0 aliphatic heterocycles. The lowest BCUT2D eigenvalue weighted by molar-refractivity contribution is -0.119. The van der Waals surface area contributed by atoms with Gasteiger partial charge in [-0.2, -0.15) is 0 Å². The Morgan fingerprint density at radius 2 is 1.85 bits per heavy atom. The molecule has 0 radical (unpaired) electrons. The molecule has 0 saturated heterocycles. The van der Waals surface area contributed by atoms with E-state index in [1.165, 1.54) is 18.2 Å². The highest BCUT2D eigenvalue weighted by atomic mass is 16.5. The van der Waals surface area contributed by atoms with E-state index >= 15 is 0 Å². The number of carboxylic acid groups (broad SMARTS) is 1. The zero-order chi connectivity index (χ0) is 19.2. The number of esters is 1. The van der Waals surface area contributed by atoms with Gasteiger partial charge in [0.1, 0.15) is 5.82 Å². The quantitative estimate of drug-likeness (QED) is 0.577. The molecule has 1 heterocycles. The molecule has 0 aliphatic carbocycles. The van der Waals surface area contributed by atoms with Crippen LogP contribution in [-0.2, 0) is 9.53 Å². The summed E-state index contributed by atoms with van der Waals surface area (Å²) in [6.45, 7) is -0.490. The van der Waals surface area contributed by atoms with Gasteiger partial charge in [0.25, 0.3) is 5.91 Å². The van der Waals surface area contributed by atoms with Crippen LogP contribution in [0.1, 0.15) is 20.7 Å². The summed E-state index contributed by atoms with van der Waals surface area (Å²) in [5, 5.41) is 11.4. The van der Waals surface area contributed by atoms with Crippen molar-refractivity contribution in [2.24, 2.45) is 0 Å². The molecule has 1 amide bonds. The zero-order valence-electron chi connectivity index (χ0n) is 14.0. The Hall–Kier alpha value is -3.94. The number of imidazole rings is 1. The minimum absolute atomic E-state index is 0.0430. The summed E-state index contributed by atoms with van der Waals surface area (Å²) < 4.78 is 4.98. The molecule has 0 bridgehead atoms. The fourth-order valence-corrected chi connectivity index (χ4v) is 2.33. The van der Waals surface area contributed by atoms with E-state index in [4.69, 9.17) is 9.84 Å². The highest BCUT2D eigenvalue weighted by Gasteiger charge is 2.12. The van der Waals surface area contributed by atoms with Crippen LogP contribution >= 0.6 is 0 Å². The maximum atomic E-state index is 12.0. The number of hydrogen-bond acceptors (Lipinski definition) is 5. The standard InChI is InChI=1S/C19H15N3O5/c23-16(22-15-3-1-2-14(10-15)18(24)25)11-27-19(26)13-6-4-12(5-7-13)17-20-8-9-21-17/h1-10H,11H2,(H,20,21)(H,22,23)(H,24,25).